The third kappa shape index (κ3) is 5.50. The van der Waals surface area contributed by atoms with Crippen molar-refractivity contribution >= 4 is 17.7 Å². The van der Waals surface area contributed by atoms with E-state index < -0.39 is 0 Å². The second-order valence-electron chi connectivity index (χ2n) is 7.19. The zero-order valence-electron chi connectivity index (χ0n) is 16.7. The lowest BCUT2D eigenvalue weighted by Crippen LogP contribution is -2.54. The Morgan fingerprint density at radius 1 is 1.25 bits per heavy atom. The predicted molar refractivity (Wildman–Crippen MR) is 108 cm³/mol. The summed E-state index contributed by atoms with van der Waals surface area (Å²) in [6.07, 6.45) is 1.91. The van der Waals surface area contributed by atoms with Gasteiger partial charge in [0.25, 0.3) is 0 Å². The third-order valence-corrected chi connectivity index (χ3v) is 5.23. The van der Waals surface area contributed by atoms with Gasteiger partial charge in [0, 0.05) is 45.5 Å². The highest BCUT2D eigenvalue weighted by molar-refractivity contribution is 5.80. The minimum atomic E-state index is -0.357. The molecule has 7 nitrogen and oxygen atoms in total. The molecule has 0 radical (unpaired) electrons. The standard InChI is InChI=1S/C20H30FN5O2/c1-3-28-20(27)24-18(15-4-5-15)14-23-19(22-2)26-12-10-25(11-13-26)17-8-6-16(21)7-9-17/h6-9,15,18H,3-5,10-14H2,1-2H3,(H,22,23)(H,24,27). The van der Waals surface area contributed by atoms with Crippen molar-refractivity contribution in [2.24, 2.45) is 10.9 Å². The molecule has 1 amide bonds. The van der Waals surface area contributed by atoms with E-state index in [9.17, 15) is 9.18 Å². The SMILES string of the molecule is CCOC(=O)NC(CNC(=NC)N1CCN(c2ccc(F)cc2)CC1)C1CC1. The minimum absolute atomic E-state index is 0.0521. The number of hydrogen-bond donors (Lipinski definition) is 2. The van der Waals surface area contributed by atoms with Crippen LogP contribution in [0.25, 0.3) is 0 Å². The number of anilines is 1. The normalized spacial score (nSPS) is 18.6. The first-order valence-electron chi connectivity index (χ1n) is 10.00. The molecule has 2 fully saturated rings. The van der Waals surface area contributed by atoms with Crippen LogP contribution in [0.1, 0.15) is 19.8 Å². The average molecular weight is 391 g/mol. The van der Waals surface area contributed by atoms with Crippen LogP contribution < -0.4 is 15.5 Å². The maximum Gasteiger partial charge on any atom is 0.407 e. The van der Waals surface area contributed by atoms with Crippen molar-refractivity contribution in [1.82, 2.24) is 15.5 Å². The van der Waals surface area contributed by atoms with E-state index in [0.29, 0.717) is 19.1 Å². The zero-order chi connectivity index (χ0) is 19.9. The van der Waals surface area contributed by atoms with E-state index in [-0.39, 0.29) is 18.0 Å². The number of benzene rings is 1. The van der Waals surface area contributed by atoms with Crippen LogP contribution >= 0.6 is 0 Å². The summed E-state index contributed by atoms with van der Waals surface area (Å²) in [6, 6.07) is 6.68. The van der Waals surface area contributed by atoms with E-state index in [4.69, 9.17) is 4.74 Å². The van der Waals surface area contributed by atoms with Crippen LogP contribution in [0.2, 0.25) is 0 Å². The molecule has 1 unspecified atom stereocenters. The van der Waals surface area contributed by atoms with Crippen molar-refractivity contribution in [2.75, 3.05) is 51.3 Å². The molecule has 8 heteroatoms. The van der Waals surface area contributed by atoms with Gasteiger partial charge in [0.15, 0.2) is 5.96 Å². The number of halogens is 1. The Bertz CT molecular complexity index is 670. The number of nitrogens with zero attached hydrogens (tertiary/aromatic N) is 3. The van der Waals surface area contributed by atoms with Crippen molar-refractivity contribution in [2.45, 2.75) is 25.8 Å². The summed E-state index contributed by atoms with van der Waals surface area (Å²) >= 11 is 0. The molecule has 1 heterocycles. The van der Waals surface area contributed by atoms with E-state index in [1.165, 1.54) is 12.1 Å². The van der Waals surface area contributed by atoms with Gasteiger partial charge in [-0.1, -0.05) is 0 Å². The molecule has 1 atom stereocenters. The molecule has 0 bridgehead atoms. The summed E-state index contributed by atoms with van der Waals surface area (Å²) in [6.45, 7) is 6.16. The van der Waals surface area contributed by atoms with Gasteiger partial charge in [0.2, 0.25) is 0 Å². The predicted octanol–water partition coefficient (Wildman–Crippen LogP) is 2.05. The van der Waals surface area contributed by atoms with Crippen LogP contribution in [0.4, 0.5) is 14.9 Å². The number of carbonyl (C=O) groups is 1. The smallest absolute Gasteiger partial charge is 0.407 e. The molecule has 0 spiro atoms. The van der Waals surface area contributed by atoms with Crippen LogP contribution in [0.15, 0.2) is 29.3 Å². The van der Waals surface area contributed by atoms with Gasteiger partial charge in [-0.15, -0.1) is 0 Å². The molecule has 3 rings (SSSR count). The number of piperazine rings is 1. The van der Waals surface area contributed by atoms with Crippen LogP contribution in [-0.2, 0) is 4.74 Å². The van der Waals surface area contributed by atoms with E-state index in [0.717, 1.165) is 50.7 Å². The maximum atomic E-state index is 13.1. The van der Waals surface area contributed by atoms with Crippen LogP contribution in [-0.4, -0.2) is 69.4 Å². The topological polar surface area (TPSA) is 69.2 Å². The molecule has 1 aromatic rings. The summed E-state index contributed by atoms with van der Waals surface area (Å²) in [5, 5.41) is 6.37. The van der Waals surface area contributed by atoms with Crippen molar-refractivity contribution in [3.05, 3.63) is 30.1 Å². The van der Waals surface area contributed by atoms with Gasteiger partial charge in [-0.05, 0) is 49.9 Å². The van der Waals surface area contributed by atoms with Crippen molar-refractivity contribution < 1.29 is 13.9 Å². The van der Waals surface area contributed by atoms with Gasteiger partial charge in [0.05, 0.1) is 12.6 Å². The van der Waals surface area contributed by atoms with Crippen LogP contribution in [0.3, 0.4) is 0 Å². The first-order chi connectivity index (χ1) is 13.6. The molecule has 1 aromatic carbocycles. The number of amides is 1. The molecule has 0 aromatic heterocycles. The lowest BCUT2D eigenvalue weighted by molar-refractivity contribution is 0.146. The van der Waals surface area contributed by atoms with Gasteiger partial charge >= 0.3 is 6.09 Å². The number of ether oxygens (including phenoxy) is 1. The Morgan fingerprint density at radius 2 is 1.93 bits per heavy atom. The lowest BCUT2D eigenvalue weighted by atomic mass is 10.2. The monoisotopic (exact) mass is 391 g/mol. The Kier molecular flexibility index (Phi) is 6.95. The first-order valence-corrected chi connectivity index (χ1v) is 10.00. The Labute approximate surface area is 165 Å². The quantitative estimate of drug-likeness (QED) is 0.574. The van der Waals surface area contributed by atoms with E-state index in [2.05, 4.69) is 25.4 Å². The number of nitrogens with one attached hydrogen (secondary N) is 2. The fourth-order valence-electron chi connectivity index (χ4n) is 3.52. The van der Waals surface area contributed by atoms with Crippen LogP contribution in [0, 0.1) is 11.7 Å². The van der Waals surface area contributed by atoms with Crippen LogP contribution in [0.5, 0.6) is 0 Å². The summed E-state index contributed by atoms with van der Waals surface area (Å²) in [4.78, 5) is 20.6. The number of alkyl carbamates (subject to hydrolysis) is 1. The maximum absolute atomic E-state index is 13.1. The van der Waals surface area contributed by atoms with Crippen molar-refractivity contribution in [3.63, 3.8) is 0 Å². The fraction of sp³-hybridized carbons (Fsp3) is 0.600. The Morgan fingerprint density at radius 3 is 2.50 bits per heavy atom. The molecule has 154 valence electrons. The molecular formula is C20H30FN5O2. The Balaban J connectivity index is 1.48. The fourth-order valence-corrected chi connectivity index (χ4v) is 3.52. The molecule has 1 aliphatic carbocycles. The highest BCUT2D eigenvalue weighted by atomic mass is 19.1. The molecule has 2 N–H and O–H groups in total. The molecule has 1 saturated carbocycles. The van der Waals surface area contributed by atoms with Gasteiger partial charge < -0.3 is 25.2 Å². The summed E-state index contributed by atoms with van der Waals surface area (Å²) < 4.78 is 18.1. The lowest BCUT2D eigenvalue weighted by Gasteiger charge is -2.38. The van der Waals surface area contributed by atoms with Crippen molar-refractivity contribution in [3.8, 4) is 0 Å². The van der Waals surface area contributed by atoms with Gasteiger partial charge in [-0.25, -0.2) is 9.18 Å². The molecule has 1 aliphatic heterocycles. The highest BCUT2D eigenvalue weighted by Crippen LogP contribution is 2.32. The summed E-state index contributed by atoms with van der Waals surface area (Å²) in [7, 11) is 1.78. The van der Waals surface area contributed by atoms with Gasteiger partial charge in [0.1, 0.15) is 5.82 Å². The second-order valence-corrected chi connectivity index (χ2v) is 7.19. The largest absolute Gasteiger partial charge is 0.450 e. The number of rotatable bonds is 6. The molecule has 1 saturated heterocycles. The number of aliphatic imine (C=N–C) groups is 1. The third-order valence-electron chi connectivity index (χ3n) is 5.23. The van der Waals surface area contributed by atoms with E-state index in [1.807, 2.05) is 12.1 Å². The highest BCUT2D eigenvalue weighted by Gasteiger charge is 2.33. The van der Waals surface area contributed by atoms with E-state index >= 15 is 0 Å². The molecular weight excluding hydrogens is 361 g/mol. The van der Waals surface area contributed by atoms with Gasteiger partial charge in [-0.3, -0.25) is 4.99 Å². The minimum Gasteiger partial charge on any atom is -0.450 e. The number of carbonyl (C=O) groups excluding carboxylic acids is 1. The van der Waals surface area contributed by atoms with Crippen molar-refractivity contribution in [1.29, 1.82) is 0 Å². The first kappa shape index (κ1) is 20.2. The average Bonchev–Trinajstić information content (AvgIpc) is 3.54. The Hall–Kier alpha value is -2.51. The van der Waals surface area contributed by atoms with E-state index in [1.54, 1.807) is 14.0 Å². The number of hydrogen-bond acceptors (Lipinski definition) is 4. The number of guanidine groups is 1. The zero-order valence-corrected chi connectivity index (χ0v) is 16.7. The second kappa shape index (κ2) is 9.61. The summed E-state index contributed by atoms with van der Waals surface area (Å²) in [5.74, 6) is 1.13. The molecule has 28 heavy (non-hydrogen) atoms. The summed E-state index contributed by atoms with van der Waals surface area (Å²) in [5.41, 5.74) is 1.04. The molecule has 2 aliphatic rings. The van der Waals surface area contributed by atoms with Gasteiger partial charge in [-0.2, -0.15) is 0 Å².